The van der Waals surface area contributed by atoms with E-state index >= 15 is 0 Å². The molecule has 0 aliphatic heterocycles. The Morgan fingerprint density at radius 3 is 1.02 bits per heavy atom. The van der Waals surface area contributed by atoms with Crippen LogP contribution in [0.1, 0.15) is 139 Å². The molecule has 0 amide bonds. The Kier molecular flexibility index (Phi) is 57.7. The highest BCUT2D eigenvalue weighted by Gasteiger charge is 2.16. The van der Waals surface area contributed by atoms with Crippen LogP contribution in [0, 0.1) is 0 Å². The van der Waals surface area contributed by atoms with Crippen molar-refractivity contribution in [3.63, 3.8) is 0 Å². The van der Waals surface area contributed by atoms with Crippen molar-refractivity contribution in [3.8, 4) is 0 Å². The maximum atomic E-state index is 11.3. The van der Waals surface area contributed by atoms with Crippen molar-refractivity contribution < 1.29 is 68.0 Å². The van der Waals surface area contributed by atoms with Gasteiger partial charge in [0, 0.05) is 72.7 Å². The van der Waals surface area contributed by atoms with Crippen LogP contribution in [0.2, 0.25) is 0 Å². The van der Waals surface area contributed by atoms with E-state index in [1.54, 1.807) is 0 Å². The van der Waals surface area contributed by atoms with Gasteiger partial charge in [0.2, 0.25) is 0 Å². The summed E-state index contributed by atoms with van der Waals surface area (Å²) >= 11 is 2.99. The number of aliphatic carboxylic acids is 1. The zero-order chi connectivity index (χ0) is 43.1. The number of ether oxygens (including phenoxy) is 7. The smallest absolute Gasteiger partial charge is 0.332 e. The van der Waals surface area contributed by atoms with E-state index in [9.17, 15) is 14.4 Å². The normalized spacial score (nSPS) is 10.6. The maximum Gasteiger partial charge on any atom is 0.332 e. The molecule has 0 aromatic carbocycles. The number of rotatable bonds is 29. The highest BCUT2D eigenvalue weighted by atomic mass is 79.9. The minimum absolute atomic E-state index is 0.0444. The van der Waals surface area contributed by atoms with Crippen molar-refractivity contribution in [2.45, 2.75) is 151 Å². The fraction of sp³-hybridized carbons (Fsp3) is 0.925. The summed E-state index contributed by atoms with van der Waals surface area (Å²) in [5.74, 6) is -1.43. The first-order valence-corrected chi connectivity index (χ1v) is 21.1. The summed E-state index contributed by atoms with van der Waals surface area (Å²) in [7, 11) is 0. The van der Waals surface area contributed by atoms with E-state index in [0.29, 0.717) is 19.8 Å². The number of aliphatic hydroxyl groups excluding tert-OH is 3. The number of unbranched alkanes of at least 4 members (excludes halogenated alkanes) is 8. The minimum atomic E-state index is -0.908. The number of aliphatic hydroxyl groups is 3. The summed E-state index contributed by atoms with van der Waals surface area (Å²) in [5.41, 5.74) is -0.789. The zero-order valence-corrected chi connectivity index (χ0v) is 37.7. The summed E-state index contributed by atoms with van der Waals surface area (Å²) in [5, 5.41) is 33.3. The number of carboxylic acids is 1. The number of esters is 2. The number of halogens is 1. The molecule has 4 N–H and O–H groups in total. The third kappa shape index (κ3) is 81.7. The first kappa shape index (κ1) is 62.8. The first-order valence-electron chi connectivity index (χ1n) is 19.9. The van der Waals surface area contributed by atoms with Crippen molar-refractivity contribution >= 4 is 33.8 Å². The van der Waals surface area contributed by atoms with Crippen LogP contribution < -0.4 is 0 Å². The molecule has 55 heavy (non-hydrogen) atoms. The summed E-state index contributed by atoms with van der Waals surface area (Å²) in [6.45, 7) is 23.6. The second-order valence-electron chi connectivity index (χ2n) is 13.8. The molecule has 15 heteroatoms. The molecule has 0 heterocycles. The molecule has 0 saturated heterocycles. The molecule has 0 bridgehead atoms. The third-order valence-corrected chi connectivity index (χ3v) is 6.38. The van der Waals surface area contributed by atoms with E-state index < -0.39 is 11.6 Å². The molecule has 0 saturated carbocycles. The van der Waals surface area contributed by atoms with Gasteiger partial charge in [-0.1, -0.05) is 15.9 Å². The van der Waals surface area contributed by atoms with E-state index in [1.165, 1.54) is 0 Å². The SMILES string of the molecule is CC(C)(C)OC(=O)CBr.CCOCCCCCO.CCOCCCCCOCC(=O)O.CCOCCCCCOCC(=O)OC(C)(C)C.OCCCCCO. The van der Waals surface area contributed by atoms with Gasteiger partial charge in [0.1, 0.15) is 29.7 Å². The molecule has 0 aliphatic rings. The molecular formula is C40H83BrO14. The predicted molar refractivity (Wildman–Crippen MR) is 221 cm³/mol. The summed E-state index contributed by atoms with van der Waals surface area (Å²) in [4.78, 5) is 31.9. The fourth-order valence-electron chi connectivity index (χ4n) is 3.55. The topological polar surface area (TPSA) is 197 Å². The van der Waals surface area contributed by atoms with Gasteiger partial charge in [-0.15, -0.1) is 0 Å². The van der Waals surface area contributed by atoms with Crippen molar-refractivity contribution in [2.75, 3.05) is 91.2 Å². The van der Waals surface area contributed by atoms with Gasteiger partial charge in [-0.3, -0.25) is 4.79 Å². The quantitative estimate of drug-likeness (QED) is 0.0344. The van der Waals surface area contributed by atoms with Gasteiger partial charge in [-0.2, -0.15) is 0 Å². The van der Waals surface area contributed by atoms with E-state index in [0.717, 1.165) is 117 Å². The van der Waals surface area contributed by atoms with Crippen molar-refractivity contribution in [1.82, 2.24) is 0 Å². The standard InChI is InChI=1S/C13H26O4.C9H18O4.C7H16O2.C6H11BrO2.C5H12O2/c1-5-15-9-7-6-8-10-16-11-12(14)17-13(2,3)4;1-2-12-6-4-3-5-7-13-8-9(10)11;1-2-9-7-5-3-4-6-8;1-6(2,3)9-5(8)4-7;6-4-2-1-3-5-7/h5-11H2,1-4H3;2-8H2,1H3,(H,10,11);8H,2-7H2,1H3;4H2,1-3H3;6-7H,1-5H2. The largest absolute Gasteiger partial charge is 0.480 e. The van der Waals surface area contributed by atoms with E-state index in [2.05, 4.69) is 15.9 Å². The Balaban J connectivity index is -0.000000197. The number of carbonyl (C=O) groups is 3. The minimum Gasteiger partial charge on any atom is -0.480 e. The lowest BCUT2D eigenvalue weighted by Gasteiger charge is -2.19. The van der Waals surface area contributed by atoms with Crippen LogP contribution in [0.15, 0.2) is 0 Å². The third-order valence-electron chi connectivity index (χ3n) is 5.92. The van der Waals surface area contributed by atoms with Crippen LogP contribution in [0.25, 0.3) is 0 Å². The molecule has 0 aromatic rings. The second-order valence-corrected chi connectivity index (χ2v) is 14.4. The van der Waals surface area contributed by atoms with E-state index in [4.69, 9.17) is 53.6 Å². The average molecular weight is 868 g/mol. The molecule has 0 spiro atoms. The maximum absolute atomic E-state index is 11.3. The highest BCUT2D eigenvalue weighted by molar-refractivity contribution is 9.09. The van der Waals surface area contributed by atoms with E-state index in [1.807, 2.05) is 62.3 Å². The van der Waals surface area contributed by atoms with Gasteiger partial charge in [0.25, 0.3) is 0 Å². The van der Waals surface area contributed by atoms with E-state index in [-0.39, 0.29) is 49.3 Å². The lowest BCUT2D eigenvalue weighted by molar-refractivity contribution is -0.160. The fourth-order valence-corrected chi connectivity index (χ4v) is 3.67. The average Bonchev–Trinajstić information content (AvgIpc) is 3.10. The van der Waals surface area contributed by atoms with Gasteiger partial charge in [0.05, 0.1) is 0 Å². The Morgan fingerprint density at radius 1 is 0.455 bits per heavy atom. The molecule has 0 unspecified atom stereocenters. The second kappa shape index (κ2) is 50.6. The monoisotopic (exact) mass is 866 g/mol. The number of hydrogen-bond acceptors (Lipinski definition) is 13. The summed E-state index contributed by atoms with van der Waals surface area (Å²) in [6, 6.07) is 0. The molecular weight excluding hydrogens is 784 g/mol. The van der Waals surface area contributed by atoms with Crippen LogP contribution in [0.3, 0.4) is 0 Å². The summed E-state index contributed by atoms with van der Waals surface area (Å²) in [6.07, 6.45) is 11.7. The van der Waals surface area contributed by atoms with Gasteiger partial charge < -0.3 is 53.6 Å². The van der Waals surface area contributed by atoms with Crippen molar-refractivity contribution in [2.24, 2.45) is 0 Å². The van der Waals surface area contributed by atoms with Gasteiger partial charge in [-0.05, 0) is 139 Å². The van der Waals surface area contributed by atoms with Crippen LogP contribution in [-0.2, 0) is 47.5 Å². The predicted octanol–water partition coefficient (Wildman–Crippen LogP) is 6.90. The number of carbonyl (C=O) groups excluding carboxylic acids is 2. The highest BCUT2D eigenvalue weighted by Crippen LogP contribution is 2.08. The Hall–Kier alpha value is -1.43. The Labute approximate surface area is 342 Å². The zero-order valence-electron chi connectivity index (χ0n) is 36.1. The molecule has 0 rings (SSSR count). The summed E-state index contributed by atoms with van der Waals surface area (Å²) < 4.78 is 35.6. The first-order chi connectivity index (χ1) is 26.0. The molecule has 0 atom stereocenters. The molecule has 0 aliphatic carbocycles. The molecule has 14 nitrogen and oxygen atoms in total. The molecule has 334 valence electrons. The number of carboxylic acid groups (broad SMARTS) is 1. The van der Waals surface area contributed by atoms with Crippen molar-refractivity contribution in [1.29, 1.82) is 0 Å². The molecule has 0 radical (unpaired) electrons. The number of hydrogen-bond donors (Lipinski definition) is 4. The van der Waals surface area contributed by atoms with Crippen LogP contribution in [0.5, 0.6) is 0 Å². The number of alkyl halides is 1. The molecule has 0 fully saturated rings. The Bertz CT molecular complexity index is 764. The lowest BCUT2D eigenvalue weighted by Crippen LogP contribution is -2.26. The lowest BCUT2D eigenvalue weighted by atomic mass is 10.2. The van der Waals surface area contributed by atoms with Gasteiger partial charge >= 0.3 is 17.9 Å². The Morgan fingerprint density at radius 2 is 0.745 bits per heavy atom. The van der Waals surface area contributed by atoms with Crippen LogP contribution in [-0.4, -0.2) is 141 Å². The van der Waals surface area contributed by atoms with Gasteiger partial charge in [0.15, 0.2) is 0 Å². The van der Waals surface area contributed by atoms with Gasteiger partial charge in [-0.25, -0.2) is 9.59 Å². The van der Waals surface area contributed by atoms with Crippen LogP contribution in [0.4, 0.5) is 0 Å². The molecule has 0 aromatic heterocycles. The van der Waals surface area contributed by atoms with Crippen LogP contribution >= 0.6 is 15.9 Å². The van der Waals surface area contributed by atoms with Crippen molar-refractivity contribution in [3.05, 3.63) is 0 Å².